The number of aliphatic carboxylic acids is 1. The summed E-state index contributed by atoms with van der Waals surface area (Å²) in [5.41, 5.74) is 7.70. The number of imidazole rings is 1. The molecule has 2 aromatic heterocycles. The van der Waals surface area contributed by atoms with Crippen LogP contribution in [-0.2, 0) is 17.6 Å². The van der Waals surface area contributed by atoms with Crippen molar-refractivity contribution < 1.29 is 29.4 Å². The standard InChI is InChI=1S/C20H25N7O6/c1-10(28)16(19(30)31)25-20(32)24-15(7-12-8-22-9-23-12)18-26-17(27-33-18)14(21)6-11-2-4-13(29)5-3-11/h2-5,8-10,14-16,28-29H,6-7,21H2,1H3,(H,22,23)(H,30,31)(H2,24,25,32)/t10?,14-,15-,16?/m0/s1. The Hall–Kier alpha value is -3.97. The summed E-state index contributed by atoms with van der Waals surface area (Å²) in [6, 6.07) is 2.75. The molecule has 0 fully saturated rings. The lowest BCUT2D eigenvalue weighted by Gasteiger charge is -2.20. The minimum Gasteiger partial charge on any atom is -0.508 e. The number of carbonyl (C=O) groups is 2. The van der Waals surface area contributed by atoms with Crippen LogP contribution in [0.15, 0.2) is 41.3 Å². The first kappa shape index (κ1) is 23.7. The summed E-state index contributed by atoms with van der Waals surface area (Å²) in [5.74, 6) is -0.978. The number of aromatic amines is 1. The number of amides is 2. The number of aromatic hydroxyl groups is 1. The van der Waals surface area contributed by atoms with Gasteiger partial charge in [0.25, 0.3) is 0 Å². The van der Waals surface area contributed by atoms with E-state index in [4.69, 9.17) is 15.4 Å². The fraction of sp³-hybridized carbons (Fsp3) is 0.350. The number of aliphatic hydroxyl groups is 1. The van der Waals surface area contributed by atoms with Crippen LogP contribution in [0, 0.1) is 0 Å². The van der Waals surface area contributed by atoms with E-state index in [0.717, 1.165) is 5.56 Å². The second-order valence-corrected chi connectivity index (χ2v) is 7.48. The highest BCUT2D eigenvalue weighted by molar-refractivity contribution is 5.83. The van der Waals surface area contributed by atoms with Crippen LogP contribution in [-0.4, -0.2) is 59.6 Å². The van der Waals surface area contributed by atoms with E-state index >= 15 is 0 Å². The molecular formula is C20H25N7O6. The highest BCUT2D eigenvalue weighted by atomic mass is 16.5. The predicted octanol–water partition coefficient (Wildman–Crippen LogP) is 0.158. The summed E-state index contributed by atoms with van der Waals surface area (Å²) >= 11 is 0. The molecule has 3 aromatic rings. The van der Waals surface area contributed by atoms with E-state index in [1.165, 1.54) is 13.3 Å². The minimum absolute atomic E-state index is 0.0554. The van der Waals surface area contributed by atoms with E-state index in [1.807, 2.05) is 0 Å². The summed E-state index contributed by atoms with van der Waals surface area (Å²) in [6.45, 7) is 1.25. The number of nitrogens with two attached hydrogens (primary N) is 1. The first-order valence-corrected chi connectivity index (χ1v) is 10.0. The molecule has 0 radical (unpaired) electrons. The summed E-state index contributed by atoms with van der Waals surface area (Å²) in [6.07, 6.45) is 2.28. The molecule has 0 aliphatic heterocycles. The first-order valence-electron chi connectivity index (χ1n) is 10.0. The molecule has 0 bridgehead atoms. The highest BCUT2D eigenvalue weighted by Gasteiger charge is 2.28. The number of nitrogens with one attached hydrogen (secondary N) is 3. The smallest absolute Gasteiger partial charge is 0.328 e. The van der Waals surface area contributed by atoms with Crippen molar-refractivity contribution >= 4 is 12.0 Å². The van der Waals surface area contributed by atoms with Crippen molar-refractivity contribution in [2.75, 3.05) is 0 Å². The van der Waals surface area contributed by atoms with Crippen LogP contribution in [0.4, 0.5) is 4.79 Å². The first-order chi connectivity index (χ1) is 15.7. The molecule has 0 saturated carbocycles. The maximum Gasteiger partial charge on any atom is 0.328 e. The molecule has 0 aliphatic rings. The van der Waals surface area contributed by atoms with E-state index in [-0.39, 0.29) is 23.9 Å². The largest absolute Gasteiger partial charge is 0.508 e. The molecule has 8 N–H and O–H groups in total. The molecule has 0 spiro atoms. The van der Waals surface area contributed by atoms with Crippen LogP contribution < -0.4 is 16.4 Å². The number of carbonyl (C=O) groups excluding carboxylic acids is 1. The monoisotopic (exact) mass is 459 g/mol. The van der Waals surface area contributed by atoms with Gasteiger partial charge in [-0.2, -0.15) is 4.98 Å². The molecule has 13 nitrogen and oxygen atoms in total. The number of phenols is 1. The maximum atomic E-state index is 12.4. The van der Waals surface area contributed by atoms with Gasteiger partial charge in [0.1, 0.15) is 11.8 Å². The lowest BCUT2D eigenvalue weighted by Crippen LogP contribution is -2.51. The van der Waals surface area contributed by atoms with Gasteiger partial charge in [-0.15, -0.1) is 0 Å². The van der Waals surface area contributed by atoms with E-state index in [1.54, 1.807) is 30.5 Å². The van der Waals surface area contributed by atoms with Gasteiger partial charge in [-0.05, 0) is 31.0 Å². The van der Waals surface area contributed by atoms with Gasteiger partial charge in [-0.25, -0.2) is 14.6 Å². The molecule has 1 aromatic carbocycles. The molecule has 2 amide bonds. The van der Waals surface area contributed by atoms with Gasteiger partial charge in [-0.1, -0.05) is 17.3 Å². The number of aliphatic hydroxyl groups excluding tert-OH is 1. The molecule has 2 heterocycles. The van der Waals surface area contributed by atoms with Gasteiger partial charge >= 0.3 is 12.0 Å². The van der Waals surface area contributed by atoms with Crippen molar-refractivity contribution in [2.45, 2.75) is 44.0 Å². The van der Waals surface area contributed by atoms with Crippen LogP contribution in [0.25, 0.3) is 0 Å². The Labute approximate surface area is 188 Å². The zero-order chi connectivity index (χ0) is 24.0. The van der Waals surface area contributed by atoms with Crippen molar-refractivity contribution in [2.24, 2.45) is 5.73 Å². The number of benzene rings is 1. The summed E-state index contributed by atoms with van der Waals surface area (Å²) in [7, 11) is 0. The topological polar surface area (TPSA) is 213 Å². The Kier molecular flexibility index (Phi) is 7.58. The van der Waals surface area contributed by atoms with Gasteiger partial charge in [0, 0.05) is 18.3 Å². The SMILES string of the molecule is CC(O)C(NC(=O)N[C@@H](Cc1cnc[nH]1)c1nc([C@@H](N)Cc2ccc(O)cc2)no1)C(=O)O. The maximum absolute atomic E-state index is 12.4. The zero-order valence-corrected chi connectivity index (χ0v) is 17.7. The quantitative estimate of drug-likeness (QED) is 0.218. The fourth-order valence-corrected chi connectivity index (χ4v) is 3.06. The Morgan fingerprint density at radius 2 is 1.94 bits per heavy atom. The second-order valence-electron chi connectivity index (χ2n) is 7.48. The predicted molar refractivity (Wildman–Crippen MR) is 113 cm³/mol. The van der Waals surface area contributed by atoms with E-state index < -0.39 is 36.2 Å². The van der Waals surface area contributed by atoms with E-state index in [9.17, 15) is 19.8 Å². The van der Waals surface area contributed by atoms with Crippen LogP contribution in [0.1, 0.15) is 42.0 Å². The second kappa shape index (κ2) is 10.6. The van der Waals surface area contributed by atoms with E-state index in [0.29, 0.717) is 12.1 Å². The van der Waals surface area contributed by atoms with Crippen LogP contribution in [0.2, 0.25) is 0 Å². The minimum atomic E-state index is -1.50. The third kappa shape index (κ3) is 6.51. The third-order valence-electron chi connectivity index (χ3n) is 4.80. The van der Waals surface area contributed by atoms with Crippen LogP contribution >= 0.6 is 0 Å². The third-order valence-corrected chi connectivity index (χ3v) is 4.80. The number of urea groups is 1. The fourth-order valence-electron chi connectivity index (χ4n) is 3.06. The van der Waals surface area contributed by atoms with Crippen molar-refractivity contribution in [1.82, 2.24) is 30.7 Å². The van der Waals surface area contributed by atoms with Crippen molar-refractivity contribution in [1.29, 1.82) is 0 Å². The summed E-state index contributed by atoms with van der Waals surface area (Å²) in [4.78, 5) is 34.8. The summed E-state index contributed by atoms with van der Waals surface area (Å²) in [5, 5.41) is 36.9. The molecule has 4 atom stereocenters. The molecule has 3 rings (SSSR count). The zero-order valence-electron chi connectivity index (χ0n) is 17.7. The number of phenolic OH excluding ortho intramolecular Hbond substituents is 1. The number of carboxylic acids is 1. The van der Waals surface area contributed by atoms with Crippen LogP contribution in [0.3, 0.4) is 0 Å². The van der Waals surface area contributed by atoms with Crippen molar-refractivity contribution in [3.8, 4) is 5.75 Å². The number of H-pyrrole nitrogens is 1. The average Bonchev–Trinajstić information content (AvgIpc) is 3.45. The molecule has 33 heavy (non-hydrogen) atoms. The van der Waals surface area contributed by atoms with Crippen molar-refractivity contribution in [3.05, 3.63) is 59.8 Å². The number of hydrogen-bond donors (Lipinski definition) is 7. The lowest BCUT2D eigenvalue weighted by atomic mass is 10.1. The molecule has 176 valence electrons. The Morgan fingerprint density at radius 1 is 1.21 bits per heavy atom. The Morgan fingerprint density at radius 3 is 2.55 bits per heavy atom. The molecule has 2 unspecified atom stereocenters. The number of aromatic nitrogens is 4. The Bertz CT molecular complexity index is 1050. The molecule has 13 heteroatoms. The highest BCUT2D eigenvalue weighted by Crippen LogP contribution is 2.20. The number of carboxylic acid groups (broad SMARTS) is 1. The normalized spacial score (nSPS) is 14.8. The number of nitrogens with zero attached hydrogens (tertiary/aromatic N) is 3. The van der Waals surface area contributed by atoms with Crippen molar-refractivity contribution in [3.63, 3.8) is 0 Å². The van der Waals surface area contributed by atoms with E-state index in [2.05, 4.69) is 30.7 Å². The Balaban J connectivity index is 1.74. The molecular weight excluding hydrogens is 434 g/mol. The van der Waals surface area contributed by atoms with Crippen LogP contribution in [0.5, 0.6) is 5.75 Å². The van der Waals surface area contributed by atoms with Gasteiger partial charge in [0.15, 0.2) is 11.9 Å². The van der Waals surface area contributed by atoms with Gasteiger partial charge in [0.05, 0.1) is 18.5 Å². The molecule has 0 aliphatic carbocycles. The summed E-state index contributed by atoms with van der Waals surface area (Å²) < 4.78 is 5.33. The van der Waals surface area contributed by atoms with Gasteiger partial charge < -0.3 is 41.2 Å². The number of rotatable bonds is 10. The van der Waals surface area contributed by atoms with Gasteiger partial charge in [0.2, 0.25) is 5.89 Å². The number of hydrogen-bond acceptors (Lipinski definition) is 9. The molecule has 0 saturated heterocycles. The van der Waals surface area contributed by atoms with Gasteiger partial charge in [-0.3, -0.25) is 0 Å². The lowest BCUT2D eigenvalue weighted by molar-refractivity contribution is -0.141. The average molecular weight is 459 g/mol.